The maximum atomic E-state index is 13.8. The highest BCUT2D eigenvalue weighted by atomic mass is 19.1. The van der Waals surface area contributed by atoms with Crippen molar-refractivity contribution in [2.45, 2.75) is 58.3 Å². The van der Waals surface area contributed by atoms with Gasteiger partial charge in [-0.1, -0.05) is 19.9 Å². The number of allylic oxidation sites excluding steroid dienone is 3. The average molecular weight is 515 g/mol. The zero-order valence-corrected chi connectivity index (χ0v) is 21.8. The van der Waals surface area contributed by atoms with E-state index in [9.17, 15) is 9.18 Å². The normalized spacial score (nSPS) is 26.8. The zero-order chi connectivity index (χ0) is 26.8. The number of nitrogens with zero attached hydrogens (tertiary/aromatic N) is 5. The van der Waals surface area contributed by atoms with Gasteiger partial charge in [0.05, 0.1) is 24.3 Å². The number of nitrogens with one attached hydrogen (secondary N) is 3. The van der Waals surface area contributed by atoms with Gasteiger partial charge in [0.25, 0.3) is 0 Å². The van der Waals surface area contributed by atoms with Crippen molar-refractivity contribution in [3.05, 3.63) is 71.1 Å². The first-order chi connectivity index (χ1) is 18.3. The van der Waals surface area contributed by atoms with Gasteiger partial charge in [0.15, 0.2) is 5.84 Å². The Kier molecular flexibility index (Phi) is 7.13. The molecule has 196 valence electrons. The van der Waals surface area contributed by atoms with Crippen molar-refractivity contribution in [3.8, 4) is 0 Å². The molecule has 0 aromatic carbocycles. The number of aliphatic imine (C=N–C) groups is 3. The number of rotatable bonds is 7. The first-order valence-corrected chi connectivity index (χ1v) is 12.8. The summed E-state index contributed by atoms with van der Waals surface area (Å²) in [6, 6.07) is 0.936. The van der Waals surface area contributed by atoms with Crippen molar-refractivity contribution in [3.63, 3.8) is 0 Å². The molecule has 3 N–H and O–H groups in total. The van der Waals surface area contributed by atoms with Crippen LogP contribution in [0.1, 0.15) is 39.7 Å². The Balaban J connectivity index is 1.36. The molecule has 1 aliphatic carbocycles. The Labute approximate surface area is 221 Å². The van der Waals surface area contributed by atoms with Crippen LogP contribution in [0.3, 0.4) is 0 Å². The van der Waals surface area contributed by atoms with Crippen LogP contribution in [0.5, 0.6) is 0 Å². The van der Waals surface area contributed by atoms with E-state index < -0.39 is 5.82 Å². The molecule has 1 aromatic rings. The number of hydrogen-bond donors (Lipinski definition) is 3. The fraction of sp³-hybridized carbons (Fsp3) is 0.357. The van der Waals surface area contributed by atoms with E-state index in [2.05, 4.69) is 55.2 Å². The predicted octanol–water partition coefficient (Wildman–Crippen LogP) is 3.10. The zero-order valence-electron chi connectivity index (χ0n) is 21.8. The van der Waals surface area contributed by atoms with Gasteiger partial charge in [-0.15, -0.1) is 0 Å². The number of carbonyl (C=O) groups excluding carboxylic acids is 1. The van der Waals surface area contributed by atoms with E-state index in [1.807, 2.05) is 33.2 Å². The summed E-state index contributed by atoms with van der Waals surface area (Å²) < 4.78 is 13.8. The summed E-state index contributed by atoms with van der Waals surface area (Å²) in [5, 5.41) is 11.0. The molecule has 0 saturated heterocycles. The third-order valence-electron chi connectivity index (χ3n) is 6.90. The Morgan fingerprint density at radius 1 is 1.32 bits per heavy atom. The summed E-state index contributed by atoms with van der Waals surface area (Å²) in [5.41, 5.74) is 8.61. The van der Waals surface area contributed by atoms with Crippen molar-refractivity contribution in [2.75, 3.05) is 0 Å². The molecule has 38 heavy (non-hydrogen) atoms. The largest absolute Gasteiger partial charge is 0.358 e. The van der Waals surface area contributed by atoms with Gasteiger partial charge in [-0.25, -0.2) is 4.39 Å². The molecule has 4 aliphatic rings. The first kappa shape index (κ1) is 25.4. The molecular weight excluding hydrogens is 483 g/mol. The summed E-state index contributed by atoms with van der Waals surface area (Å²) in [6.45, 7) is 7.88. The number of aromatic nitrogens is 1. The van der Waals surface area contributed by atoms with E-state index in [1.54, 1.807) is 18.6 Å². The van der Waals surface area contributed by atoms with Crippen LogP contribution >= 0.6 is 0 Å². The van der Waals surface area contributed by atoms with Crippen molar-refractivity contribution in [1.29, 1.82) is 0 Å². The van der Waals surface area contributed by atoms with E-state index in [0.29, 0.717) is 17.8 Å². The van der Waals surface area contributed by atoms with Crippen molar-refractivity contribution < 1.29 is 9.18 Å². The van der Waals surface area contributed by atoms with E-state index in [-0.39, 0.29) is 36.0 Å². The van der Waals surface area contributed by atoms with Crippen LogP contribution in [-0.4, -0.2) is 59.0 Å². The number of hydrazone groups is 1. The van der Waals surface area contributed by atoms with Crippen molar-refractivity contribution in [1.82, 2.24) is 21.0 Å². The number of amides is 1. The van der Waals surface area contributed by atoms with Crippen LogP contribution in [0, 0.1) is 11.7 Å². The number of pyridine rings is 1. The van der Waals surface area contributed by atoms with Crippen molar-refractivity contribution >= 4 is 35.5 Å². The molecule has 5 rings (SSSR count). The Hall–Kier alpha value is -4.21. The second kappa shape index (κ2) is 10.6. The Morgan fingerprint density at radius 2 is 2.16 bits per heavy atom. The standard InChI is InChI=1S/C28H31FN8O/c1-5-24(38)33-17(4)10-30-9-16(3)18-6-15(2)25-21(8-18)27(37-36-25)28-34-23-14-32-13-22(26(23)35-28)19-7-20(29)12-31-11-19/h6-15,17,23,25-26,36H,5H2,1-4H3,(H,33,38)(H,34,35)/b16-9+,30-10-/t15?,17-,23?,25?,26?/m0/s1. The molecule has 4 heterocycles. The van der Waals surface area contributed by atoms with E-state index in [1.165, 1.54) is 12.3 Å². The van der Waals surface area contributed by atoms with E-state index in [4.69, 9.17) is 4.99 Å². The summed E-state index contributed by atoms with van der Waals surface area (Å²) in [4.78, 5) is 29.3. The Morgan fingerprint density at radius 3 is 2.95 bits per heavy atom. The topological polar surface area (TPSA) is 115 Å². The number of fused-ring (bicyclic) bond motifs is 2. The molecule has 10 heteroatoms. The Bertz CT molecular complexity index is 1380. The molecule has 3 aliphatic heterocycles. The smallest absolute Gasteiger partial charge is 0.220 e. The van der Waals surface area contributed by atoms with Crippen molar-refractivity contribution in [2.24, 2.45) is 26.0 Å². The van der Waals surface area contributed by atoms with Crippen LogP contribution in [0.15, 0.2) is 79.8 Å². The predicted molar refractivity (Wildman–Crippen MR) is 149 cm³/mol. The minimum absolute atomic E-state index is 0.00504. The fourth-order valence-corrected chi connectivity index (χ4v) is 4.87. The van der Waals surface area contributed by atoms with Crippen LogP contribution in [0.4, 0.5) is 4.39 Å². The molecule has 0 radical (unpaired) electrons. The molecule has 1 amide bonds. The molecule has 4 unspecified atom stereocenters. The number of halogens is 1. The molecule has 0 spiro atoms. The van der Waals surface area contributed by atoms with Gasteiger partial charge in [0.1, 0.15) is 17.6 Å². The van der Waals surface area contributed by atoms with Gasteiger partial charge in [0, 0.05) is 60.1 Å². The quantitative estimate of drug-likeness (QED) is 0.485. The van der Waals surface area contributed by atoms with Gasteiger partial charge in [0.2, 0.25) is 5.91 Å². The lowest BCUT2D eigenvalue weighted by molar-refractivity contribution is -0.120. The van der Waals surface area contributed by atoms with E-state index in [0.717, 1.165) is 28.0 Å². The monoisotopic (exact) mass is 514 g/mol. The lowest BCUT2D eigenvalue weighted by Crippen LogP contribution is -2.41. The lowest BCUT2D eigenvalue weighted by Gasteiger charge is -2.24. The molecule has 0 fully saturated rings. The highest BCUT2D eigenvalue weighted by molar-refractivity contribution is 6.49. The van der Waals surface area contributed by atoms with Crippen LogP contribution < -0.4 is 16.1 Å². The lowest BCUT2D eigenvalue weighted by atomic mass is 9.83. The summed E-state index contributed by atoms with van der Waals surface area (Å²) in [5.74, 6) is 0.472. The molecule has 0 saturated carbocycles. The molecule has 5 atom stereocenters. The highest BCUT2D eigenvalue weighted by Gasteiger charge is 2.40. The number of hydrogen-bond acceptors (Lipinski definition) is 8. The highest BCUT2D eigenvalue weighted by Crippen LogP contribution is 2.33. The average Bonchev–Trinajstić information content (AvgIpc) is 3.52. The SMILES string of the molecule is CCC(=O)N[C@@H](C)/C=N\C=C(/C)C1=CC(C)C2NN=C(C3=NC4C(c5cncc(F)c5)=CN=CC4N3)C2=C1. The minimum Gasteiger partial charge on any atom is -0.358 e. The second-order valence-corrected chi connectivity index (χ2v) is 9.84. The van der Waals surface area contributed by atoms with E-state index >= 15 is 0 Å². The summed E-state index contributed by atoms with van der Waals surface area (Å²) in [7, 11) is 0. The van der Waals surface area contributed by atoms with Gasteiger partial charge in [-0.05, 0) is 37.1 Å². The number of amidine groups is 1. The molecule has 0 bridgehead atoms. The fourth-order valence-electron chi connectivity index (χ4n) is 4.87. The summed E-state index contributed by atoms with van der Waals surface area (Å²) >= 11 is 0. The maximum absolute atomic E-state index is 13.8. The van der Waals surface area contributed by atoms with Gasteiger partial charge in [-0.2, -0.15) is 5.10 Å². The molecular formula is C28H31FN8O. The molecule has 9 nitrogen and oxygen atoms in total. The summed E-state index contributed by atoms with van der Waals surface area (Å²) in [6.07, 6.45) is 14.7. The van der Waals surface area contributed by atoms with Gasteiger partial charge >= 0.3 is 0 Å². The van der Waals surface area contributed by atoms with Gasteiger partial charge in [-0.3, -0.25) is 24.8 Å². The number of carbonyl (C=O) groups is 1. The van der Waals surface area contributed by atoms with Gasteiger partial charge < -0.3 is 16.1 Å². The van der Waals surface area contributed by atoms with Crippen LogP contribution in [0.25, 0.3) is 5.57 Å². The first-order valence-electron chi connectivity index (χ1n) is 12.8. The maximum Gasteiger partial charge on any atom is 0.220 e. The molecule has 1 aromatic heterocycles. The minimum atomic E-state index is -0.398. The van der Waals surface area contributed by atoms with Crippen LogP contribution in [0.2, 0.25) is 0 Å². The third-order valence-corrected chi connectivity index (χ3v) is 6.90. The third kappa shape index (κ3) is 5.11. The second-order valence-electron chi connectivity index (χ2n) is 9.84. The van der Waals surface area contributed by atoms with Crippen LogP contribution in [-0.2, 0) is 4.79 Å².